The lowest BCUT2D eigenvalue weighted by Gasteiger charge is -2.00. The van der Waals surface area contributed by atoms with Gasteiger partial charge in [0.1, 0.15) is 5.69 Å². The Balaban J connectivity index is 2.52. The molecular weight excluding hydrogens is 228 g/mol. The van der Waals surface area contributed by atoms with E-state index >= 15 is 0 Å². The third-order valence-corrected chi connectivity index (χ3v) is 2.04. The molecule has 2 rings (SSSR count). The molecule has 1 heterocycles. The summed E-state index contributed by atoms with van der Waals surface area (Å²) in [6, 6.07) is 5.86. The predicted octanol–water partition coefficient (Wildman–Crippen LogP) is 0.874. The molecule has 0 unspecified atom stereocenters. The predicted molar refractivity (Wildman–Crippen MR) is 55.0 cm³/mol. The number of hydrogen-bond acceptors (Lipinski definition) is 5. The van der Waals surface area contributed by atoms with Crippen molar-refractivity contribution in [3.8, 4) is 5.69 Å². The summed E-state index contributed by atoms with van der Waals surface area (Å²) in [4.78, 5) is 20.8. The highest BCUT2D eigenvalue weighted by molar-refractivity contribution is 5.84. The van der Waals surface area contributed by atoms with Crippen molar-refractivity contribution in [1.82, 2.24) is 15.0 Å². The lowest BCUT2D eigenvalue weighted by molar-refractivity contribution is -0.384. The molecule has 0 amide bonds. The fraction of sp³-hybridized carbons (Fsp3) is 0. The molecule has 0 saturated heterocycles. The first kappa shape index (κ1) is 10.7. The molecule has 86 valence electrons. The van der Waals surface area contributed by atoms with Crippen LogP contribution in [-0.4, -0.2) is 31.0 Å². The summed E-state index contributed by atoms with van der Waals surface area (Å²) in [6.45, 7) is 0. The molecule has 0 bridgehead atoms. The molecule has 2 aromatic rings. The highest BCUT2D eigenvalue weighted by Crippen LogP contribution is 2.21. The van der Waals surface area contributed by atoms with Gasteiger partial charge in [-0.1, -0.05) is 17.3 Å². The van der Waals surface area contributed by atoms with Gasteiger partial charge in [0.05, 0.1) is 11.1 Å². The van der Waals surface area contributed by atoms with Gasteiger partial charge in [-0.05, 0) is 6.07 Å². The van der Waals surface area contributed by atoms with Crippen LogP contribution in [-0.2, 0) is 0 Å². The van der Waals surface area contributed by atoms with Crippen molar-refractivity contribution in [3.63, 3.8) is 0 Å². The zero-order valence-corrected chi connectivity index (χ0v) is 8.35. The van der Waals surface area contributed by atoms with Crippen LogP contribution >= 0.6 is 0 Å². The molecule has 0 spiro atoms. The molecule has 8 nitrogen and oxygen atoms in total. The number of carboxylic acid groups (broad SMARTS) is 1. The summed E-state index contributed by atoms with van der Waals surface area (Å²) < 4.78 is 1.06. The van der Waals surface area contributed by atoms with Crippen molar-refractivity contribution >= 4 is 11.7 Å². The van der Waals surface area contributed by atoms with Gasteiger partial charge in [0.25, 0.3) is 5.69 Å². The minimum absolute atomic E-state index is 0.164. The maximum absolute atomic E-state index is 10.8. The van der Waals surface area contributed by atoms with Crippen molar-refractivity contribution in [2.75, 3.05) is 0 Å². The second kappa shape index (κ2) is 4.00. The summed E-state index contributed by atoms with van der Waals surface area (Å²) in [5, 5.41) is 26.4. The van der Waals surface area contributed by atoms with Crippen LogP contribution in [0.5, 0.6) is 0 Å². The van der Waals surface area contributed by atoms with E-state index in [9.17, 15) is 14.9 Å². The van der Waals surface area contributed by atoms with Crippen molar-refractivity contribution in [1.29, 1.82) is 0 Å². The van der Waals surface area contributed by atoms with Crippen molar-refractivity contribution in [2.24, 2.45) is 0 Å². The van der Waals surface area contributed by atoms with Crippen LogP contribution in [0.4, 0.5) is 5.69 Å². The fourth-order valence-corrected chi connectivity index (χ4v) is 1.29. The number of rotatable bonds is 3. The SMILES string of the molecule is O=C(O)c1cn(-c2ccccc2[N+](=O)[O-])nn1. The van der Waals surface area contributed by atoms with Gasteiger partial charge in [-0.25, -0.2) is 9.48 Å². The Bertz CT molecular complexity index is 592. The van der Waals surface area contributed by atoms with Gasteiger partial charge in [0.2, 0.25) is 0 Å². The maximum atomic E-state index is 10.8. The van der Waals surface area contributed by atoms with Gasteiger partial charge in [-0.15, -0.1) is 5.10 Å². The zero-order chi connectivity index (χ0) is 12.4. The maximum Gasteiger partial charge on any atom is 0.358 e. The van der Waals surface area contributed by atoms with Gasteiger partial charge < -0.3 is 5.11 Å². The summed E-state index contributed by atoms with van der Waals surface area (Å²) in [6.07, 6.45) is 1.12. The van der Waals surface area contributed by atoms with E-state index in [4.69, 9.17) is 5.11 Å². The van der Waals surface area contributed by atoms with Crippen LogP contribution < -0.4 is 0 Å². The van der Waals surface area contributed by atoms with Crippen LogP contribution in [0.1, 0.15) is 10.5 Å². The molecule has 1 N–H and O–H groups in total. The first-order chi connectivity index (χ1) is 8.09. The second-order valence-electron chi connectivity index (χ2n) is 3.10. The van der Waals surface area contributed by atoms with Gasteiger partial charge in [-0.2, -0.15) is 0 Å². The summed E-state index contributed by atoms with van der Waals surface area (Å²) in [5.74, 6) is -1.24. The number of carboxylic acids is 1. The van der Waals surface area contributed by atoms with E-state index in [2.05, 4.69) is 10.3 Å². The normalized spacial score (nSPS) is 10.1. The van der Waals surface area contributed by atoms with Crippen molar-refractivity contribution < 1.29 is 14.8 Å². The second-order valence-corrected chi connectivity index (χ2v) is 3.10. The Hall–Kier alpha value is -2.77. The van der Waals surface area contributed by atoms with Crippen molar-refractivity contribution in [3.05, 3.63) is 46.3 Å². The van der Waals surface area contributed by atoms with E-state index in [1.807, 2.05) is 0 Å². The monoisotopic (exact) mass is 234 g/mol. The van der Waals surface area contributed by atoms with Crippen LogP contribution in [0.15, 0.2) is 30.5 Å². The van der Waals surface area contributed by atoms with E-state index < -0.39 is 10.9 Å². The number of hydrogen-bond donors (Lipinski definition) is 1. The Labute approximate surface area is 94.3 Å². The minimum Gasteiger partial charge on any atom is -0.476 e. The zero-order valence-electron chi connectivity index (χ0n) is 8.35. The van der Waals surface area contributed by atoms with Gasteiger partial charge in [0.15, 0.2) is 5.69 Å². The number of carbonyl (C=O) groups is 1. The molecule has 0 aliphatic heterocycles. The van der Waals surface area contributed by atoms with Gasteiger partial charge >= 0.3 is 5.97 Å². The molecule has 0 aliphatic carbocycles. The number of aromatic carboxylic acids is 1. The molecule has 1 aromatic carbocycles. The summed E-state index contributed by atoms with van der Waals surface area (Å²) in [5.41, 5.74) is -0.282. The Morgan fingerprint density at radius 3 is 2.71 bits per heavy atom. The highest BCUT2D eigenvalue weighted by Gasteiger charge is 2.17. The molecule has 0 radical (unpaired) electrons. The third-order valence-electron chi connectivity index (χ3n) is 2.04. The number of nitrogens with zero attached hydrogens (tertiary/aromatic N) is 4. The number of benzene rings is 1. The molecule has 17 heavy (non-hydrogen) atoms. The molecule has 1 aromatic heterocycles. The molecule has 0 fully saturated rings. The minimum atomic E-state index is -1.24. The number of aromatic nitrogens is 3. The highest BCUT2D eigenvalue weighted by atomic mass is 16.6. The lowest BCUT2D eigenvalue weighted by atomic mass is 10.3. The van der Waals surface area contributed by atoms with E-state index in [0.717, 1.165) is 10.9 Å². The van der Waals surface area contributed by atoms with Crippen LogP contribution in [0.25, 0.3) is 5.69 Å². The van der Waals surface area contributed by atoms with Crippen molar-refractivity contribution in [2.45, 2.75) is 0 Å². The van der Waals surface area contributed by atoms with Crippen LogP contribution in [0.2, 0.25) is 0 Å². The number of nitro groups is 1. The number of para-hydroxylation sites is 2. The largest absolute Gasteiger partial charge is 0.476 e. The fourth-order valence-electron chi connectivity index (χ4n) is 1.29. The summed E-state index contributed by atoms with van der Waals surface area (Å²) >= 11 is 0. The molecule has 0 aliphatic rings. The first-order valence-electron chi connectivity index (χ1n) is 4.49. The van der Waals surface area contributed by atoms with Gasteiger partial charge in [-0.3, -0.25) is 10.1 Å². The quantitative estimate of drug-likeness (QED) is 0.623. The summed E-state index contributed by atoms with van der Waals surface area (Å²) in [7, 11) is 0. The standard InChI is InChI=1S/C9H6N4O4/c14-9(15)6-5-12(11-10-6)7-3-1-2-4-8(7)13(16)17/h1-5H,(H,14,15). The molecule has 0 saturated carbocycles. The molecule has 8 heteroatoms. The van der Waals surface area contributed by atoms with E-state index in [0.29, 0.717) is 0 Å². The smallest absolute Gasteiger partial charge is 0.358 e. The van der Waals surface area contributed by atoms with E-state index in [1.165, 1.54) is 18.2 Å². The number of nitro benzene ring substituents is 1. The lowest BCUT2D eigenvalue weighted by Crippen LogP contribution is -2.00. The van der Waals surface area contributed by atoms with Gasteiger partial charge in [0, 0.05) is 6.07 Å². The average molecular weight is 234 g/mol. The van der Waals surface area contributed by atoms with Crippen LogP contribution in [0.3, 0.4) is 0 Å². The topological polar surface area (TPSA) is 111 Å². The average Bonchev–Trinajstić information content (AvgIpc) is 2.78. The molecule has 0 atom stereocenters. The first-order valence-corrected chi connectivity index (χ1v) is 4.49. The van der Waals surface area contributed by atoms with E-state index in [1.54, 1.807) is 6.07 Å². The van der Waals surface area contributed by atoms with Crippen LogP contribution in [0, 0.1) is 10.1 Å². The third kappa shape index (κ3) is 1.95. The van der Waals surface area contributed by atoms with E-state index in [-0.39, 0.29) is 17.1 Å². The molecular formula is C9H6N4O4. The Kier molecular flexibility index (Phi) is 2.53. The Morgan fingerprint density at radius 1 is 1.41 bits per heavy atom. The Morgan fingerprint density at radius 2 is 2.12 bits per heavy atom.